The quantitative estimate of drug-likeness (QED) is 0.854. The summed E-state index contributed by atoms with van der Waals surface area (Å²) in [7, 11) is 0. The molecule has 2 aliphatic rings. The van der Waals surface area contributed by atoms with Crippen LogP contribution in [0.25, 0.3) is 0 Å². The molecule has 0 atom stereocenters. The Balaban J connectivity index is 1.42. The Morgan fingerprint density at radius 1 is 0.952 bits per heavy atom. The summed E-state index contributed by atoms with van der Waals surface area (Å²) in [6, 6.07) is 0. The van der Waals surface area contributed by atoms with E-state index < -0.39 is 0 Å². The Hall–Kier alpha value is -2.11. The Morgan fingerprint density at radius 3 is 2.29 bits per heavy atom. The first-order chi connectivity index (χ1) is 10.2. The zero-order valence-electron chi connectivity index (χ0n) is 12.3. The van der Waals surface area contributed by atoms with Gasteiger partial charge in [0.1, 0.15) is 5.82 Å². The van der Waals surface area contributed by atoms with E-state index in [0.29, 0.717) is 17.8 Å². The van der Waals surface area contributed by atoms with Crippen molar-refractivity contribution >= 4 is 5.95 Å². The van der Waals surface area contributed by atoms with Crippen molar-refractivity contribution in [2.75, 3.05) is 18.0 Å². The van der Waals surface area contributed by atoms with Crippen LogP contribution in [0, 0.1) is 13.8 Å². The molecule has 2 aromatic rings. The third-order valence-corrected chi connectivity index (χ3v) is 4.35. The molecule has 21 heavy (non-hydrogen) atoms. The highest BCUT2D eigenvalue weighted by Gasteiger charge is 2.33. The Bertz CT molecular complexity index is 658. The number of aromatic nitrogens is 5. The number of nitrogens with zero attached hydrogens (tertiary/aromatic N) is 6. The SMILES string of the molecule is Cc1nnc(N2CC(c3ncc(C4CC4)cn3)C2)nc1C. The first-order valence-electron chi connectivity index (χ1n) is 7.45. The summed E-state index contributed by atoms with van der Waals surface area (Å²) in [5.41, 5.74) is 3.11. The van der Waals surface area contributed by atoms with Crippen molar-refractivity contribution in [1.82, 2.24) is 25.1 Å². The molecule has 1 aliphatic carbocycles. The van der Waals surface area contributed by atoms with Crippen LogP contribution in [0.2, 0.25) is 0 Å². The lowest BCUT2D eigenvalue weighted by molar-refractivity contribution is 0.487. The zero-order chi connectivity index (χ0) is 14.4. The molecular weight excluding hydrogens is 264 g/mol. The molecule has 2 aromatic heterocycles. The van der Waals surface area contributed by atoms with E-state index in [1.54, 1.807) is 0 Å². The van der Waals surface area contributed by atoms with Crippen LogP contribution < -0.4 is 4.90 Å². The number of rotatable bonds is 3. The monoisotopic (exact) mass is 282 g/mol. The van der Waals surface area contributed by atoms with E-state index in [1.165, 1.54) is 18.4 Å². The molecular formula is C15H18N6. The molecule has 0 N–H and O–H groups in total. The average Bonchev–Trinajstić information content (AvgIpc) is 3.26. The van der Waals surface area contributed by atoms with Crippen LogP contribution in [-0.4, -0.2) is 38.2 Å². The van der Waals surface area contributed by atoms with Gasteiger partial charge < -0.3 is 4.90 Å². The fraction of sp³-hybridized carbons (Fsp3) is 0.533. The van der Waals surface area contributed by atoms with Crippen LogP contribution in [0.4, 0.5) is 5.95 Å². The van der Waals surface area contributed by atoms with Crippen molar-refractivity contribution in [1.29, 1.82) is 0 Å². The second-order valence-corrected chi connectivity index (χ2v) is 6.03. The first-order valence-corrected chi connectivity index (χ1v) is 7.45. The third-order valence-electron chi connectivity index (χ3n) is 4.35. The lowest BCUT2D eigenvalue weighted by atomic mass is 9.99. The van der Waals surface area contributed by atoms with Gasteiger partial charge in [-0.25, -0.2) is 15.0 Å². The maximum Gasteiger partial charge on any atom is 0.245 e. The van der Waals surface area contributed by atoms with E-state index in [9.17, 15) is 0 Å². The van der Waals surface area contributed by atoms with E-state index in [2.05, 4.69) is 30.0 Å². The summed E-state index contributed by atoms with van der Waals surface area (Å²) in [6.07, 6.45) is 6.57. The van der Waals surface area contributed by atoms with Crippen molar-refractivity contribution in [3.05, 3.63) is 35.2 Å². The first kappa shape index (κ1) is 12.6. The van der Waals surface area contributed by atoms with Crippen LogP contribution in [-0.2, 0) is 0 Å². The summed E-state index contributed by atoms with van der Waals surface area (Å²) in [6.45, 7) is 5.62. The van der Waals surface area contributed by atoms with Gasteiger partial charge in [0.15, 0.2) is 0 Å². The molecule has 0 radical (unpaired) electrons. The van der Waals surface area contributed by atoms with Gasteiger partial charge in [-0.15, -0.1) is 5.10 Å². The minimum absolute atomic E-state index is 0.378. The lowest BCUT2D eigenvalue weighted by Crippen LogP contribution is -2.46. The van der Waals surface area contributed by atoms with E-state index in [1.807, 2.05) is 26.2 Å². The molecule has 6 heteroatoms. The summed E-state index contributed by atoms with van der Waals surface area (Å²) in [5.74, 6) is 2.74. The number of aryl methyl sites for hydroxylation is 2. The molecule has 1 saturated carbocycles. The molecule has 1 saturated heterocycles. The van der Waals surface area contributed by atoms with Crippen LogP contribution in [0.5, 0.6) is 0 Å². The van der Waals surface area contributed by atoms with Crippen molar-refractivity contribution in [3.8, 4) is 0 Å². The highest BCUT2D eigenvalue weighted by atomic mass is 15.4. The predicted octanol–water partition coefficient (Wildman–Crippen LogP) is 1.76. The summed E-state index contributed by atoms with van der Waals surface area (Å²) in [5, 5.41) is 8.29. The molecule has 0 amide bonds. The van der Waals surface area contributed by atoms with Crippen LogP contribution in [0.15, 0.2) is 12.4 Å². The molecule has 3 heterocycles. The average molecular weight is 282 g/mol. The van der Waals surface area contributed by atoms with Crippen LogP contribution in [0.3, 0.4) is 0 Å². The van der Waals surface area contributed by atoms with Gasteiger partial charge in [0.2, 0.25) is 5.95 Å². The third kappa shape index (κ3) is 2.34. The Kier molecular flexibility index (Phi) is 2.83. The molecule has 0 aromatic carbocycles. The van der Waals surface area contributed by atoms with Crippen molar-refractivity contribution < 1.29 is 0 Å². The molecule has 2 fully saturated rings. The minimum atomic E-state index is 0.378. The van der Waals surface area contributed by atoms with Gasteiger partial charge in [-0.3, -0.25) is 0 Å². The van der Waals surface area contributed by atoms with Crippen LogP contribution >= 0.6 is 0 Å². The standard InChI is InChI=1S/C15H18N6/c1-9-10(2)19-20-15(18-9)21-7-13(8-21)14-16-5-12(6-17-14)11-3-4-11/h5-6,11,13H,3-4,7-8H2,1-2H3. The normalized spacial score (nSPS) is 18.7. The van der Waals surface area contributed by atoms with Crippen molar-refractivity contribution in [2.24, 2.45) is 0 Å². The summed E-state index contributed by atoms with van der Waals surface area (Å²) in [4.78, 5) is 15.7. The second-order valence-electron chi connectivity index (χ2n) is 6.03. The van der Waals surface area contributed by atoms with E-state index in [-0.39, 0.29) is 0 Å². The minimum Gasteiger partial charge on any atom is -0.338 e. The van der Waals surface area contributed by atoms with Crippen molar-refractivity contribution in [3.63, 3.8) is 0 Å². The van der Waals surface area contributed by atoms with Gasteiger partial charge in [0.05, 0.1) is 17.3 Å². The lowest BCUT2D eigenvalue weighted by Gasteiger charge is -2.38. The highest BCUT2D eigenvalue weighted by molar-refractivity contribution is 5.37. The fourth-order valence-electron chi connectivity index (χ4n) is 2.57. The molecule has 108 valence electrons. The number of hydrogen-bond acceptors (Lipinski definition) is 6. The summed E-state index contributed by atoms with van der Waals surface area (Å²) < 4.78 is 0. The maximum atomic E-state index is 4.53. The van der Waals surface area contributed by atoms with Gasteiger partial charge in [-0.05, 0) is 38.2 Å². The van der Waals surface area contributed by atoms with Gasteiger partial charge >= 0.3 is 0 Å². The smallest absolute Gasteiger partial charge is 0.245 e. The van der Waals surface area contributed by atoms with Crippen LogP contribution in [0.1, 0.15) is 47.5 Å². The van der Waals surface area contributed by atoms with Gasteiger partial charge in [0.25, 0.3) is 0 Å². The number of hydrogen-bond donors (Lipinski definition) is 0. The molecule has 0 bridgehead atoms. The van der Waals surface area contributed by atoms with Gasteiger partial charge in [0, 0.05) is 25.5 Å². The Morgan fingerprint density at radius 2 is 1.67 bits per heavy atom. The molecule has 1 aliphatic heterocycles. The topological polar surface area (TPSA) is 67.7 Å². The summed E-state index contributed by atoms with van der Waals surface area (Å²) >= 11 is 0. The van der Waals surface area contributed by atoms with Crippen molar-refractivity contribution in [2.45, 2.75) is 38.5 Å². The van der Waals surface area contributed by atoms with Gasteiger partial charge in [-0.1, -0.05) is 0 Å². The van der Waals surface area contributed by atoms with E-state index >= 15 is 0 Å². The maximum absolute atomic E-state index is 4.53. The molecule has 4 rings (SSSR count). The second kappa shape index (κ2) is 4.72. The molecule has 0 unspecified atom stereocenters. The Labute approximate surface area is 123 Å². The fourth-order valence-corrected chi connectivity index (χ4v) is 2.57. The van der Waals surface area contributed by atoms with E-state index in [0.717, 1.165) is 30.3 Å². The molecule has 0 spiro atoms. The van der Waals surface area contributed by atoms with E-state index in [4.69, 9.17) is 0 Å². The van der Waals surface area contributed by atoms with Gasteiger partial charge in [-0.2, -0.15) is 5.10 Å². The largest absolute Gasteiger partial charge is 0.338 e. The highest BCUT2D eigenvalue weighted by Crippen LogP contribution is 2.39. The number of anilines is 1. The predicted molar refractivity (Wildman–Crippen MR) is 78.3 cm³/mol. The zero-order valence-corrected chi connectivity index (χ0v) is 12.3. The molecule has 6 nitrogen and oxygen atoms in total.